The number of carbonyl (C=O) groups excluding carboxylic acids is 1. The third-order valence-electron chi connectivity index (χ3n) is 2.90. The van der Waals surface area contributed by atoms with E-state index >= 15 is 0 Å². The third-order valence-corrected chi connectivity index (χ3v) is 2.90. The highest BCUT2D eigenvalue weighted by molar-refractivity contribution is 5.97. The van der Waals surface area contributed by atoms with Crippen molar-refractivity contribution in [2.45, 2.75) is 52.4 Å². The van der Waals surface area contributed by atoms with Crippen molar-refractivity contribution in [3.05, 3.63) is 24.4 Å². The van der Waals surface area contributed by atoms with Gasteiger partial charge in [-0.25, -0.2) is 4.79 Å². The molecule has 0 spiro atoms. The average molecular weight is 267 g/mol. The van der Waals surface area contributed by atoms with Crippen molar-refractivity contribution >= 4 is 11.9 Å². The fraction of sp³-hybridized carbons (Fsp3) is 0.600. The molecule has 0 bridgehead atoms. The highest BCUT2D eigenvalue weighted by atomic mass is 16.4. The Bertz CT molecular complexity index is 334. The molecule has 19 heavy (non-hydrogen) atoms. The standard InChI is InChI=1S/C15H25NO3/c1-4-7-8-9-10-11-14(17)13(6-3)16(12-5-2)15(18)19/h5-6H,2,4,7-12H2,1,3H3,(H,18,19). The van der Waals surface area contributed by atoms with Gasteiger partial charge in [0.05, 0.1) is 5.70 Å². The van der Waals surface area contributed by atoms with Gasteiger partial charge < -0.3 is 5.11 Å². The zero-order valence-corrected chi connectivity index (χ0v) is 12.0. The molecular weight excluding hydrogens is 242 g/mol. The van der Waals surface area contributed by atoms with E-state index in [1.54, 1.807) is 13.0 Å². The first-order valence-electron chi connectivity index (χ1n) is 6.89. The summed E-state index contributed by atoms with van der Waals surface area (Å²) in [6, 6.07) is 0. The van der Waals surface area contributed by atoms with Crippen molar-refractivity contribution in [3.63, 3.8) is 0 Å². The second-order valence-corrected chi connectivity index (χ2v) is 4.44. The van der Waals surface area contributed by atoms with E-state index in [2.05, 4.69) is 13.5 Å². The Morgan fingerprint density at radius 2 is 1.84 bits per heavy atom. The highest BCUT2D eigenvalue weighted by Gasteiger charge is 2.20. The predicted octanol–water partition coefficient (Wildman–Crippen LogP) is 3.99. The third kappa shape index (κ3) is 6.79. The molecule has 0 aromatic rings. The highest BCUT2D eigenvalue weighted by Crippen LogP contribution is 2.13. The average Bonchev–Trinajstić information content (AvgIpc) is 2.38. The lowest BCUT2D eigenvalue weighted by Crippen LogP contribution is -2.32. The lowest BCUT2D eigenvalue weighted by molar-refractivity contribution is -0.117. The van der Waals surface area contributed by atoms with Gasteiger partial charge in [-0.2, -0.15) is 0 Å². The molecule has 0 aromatic heterocycles. The summed E-state index contributed by atoms with van der Waals surface area (Å²) in [5.41, 5.74) is 0.253. The van der Waals surface area contributed by atoms with E-state index in [4.69, 9.17) is 5.11 Å². The van der Waals surface area contributed by atoms with Crippen LogP contribution >= 0.6 is 0 Å². The number of unbranched alkanes of at least 4 members (excludes halogenated alkanes) is 4. The molecule has 0 saturated carbocycles. The maximum absolute atomic E-state index is 12.0. The number of nitrogens with zero attached hydrogens (tertiary/aromatic N) is 1. The van der Waals surface area contributed by atoms with E-state index in [9.17, 15) is 9.59 Å². The van der Waals surface area contributed by atoms with Crippen molar-refractivity contribution in [3.8, 4) is 0 Å². The van der Waals surface area contributed by atoms with Crippen molar-refractivity contribution in [2.24, 2.45) is 0 Å². The van der Waals surface area contributed by atoms with Gasteiger partial charge in [0, 0.05) is 13.0 Å². The summed E-state index contributed by atoms with van der Waals surface area (Å²) in [5.74, 6) is -0.108. The molecule has 0 saturated heterocycles. The van der Waals surface area contributed by atoms with E-state index in [1.165, 1.54) is 18.9 Å². The van der Waals surface area contributed by atoms with Crippen LogP contribution in [0, 0.1) is 0 Å². The first-order valence-corrected chi connectivity index (χ1v) is 6.89. The van der Waals surface area contributed by atoms with E-state index < -0.39 is 6.09 Å². The number of ketones is 1. The lowest BCUT2D eigenvalue weighted by atomic mass is 10.1. The molecular formula is C15H25NO3. The lowest BCUT2D eigenvalue weighted by Gasteiger charge is -2.19. The number of rotatable bonds is 10. The van der Waals surface area contributed by atoms with Gasteiger partial charge in [-0.3, -0.25) is 9.69 Å². The van der Waals surface area contributed by atoms with Gasteiger partial charge in [0.1, 0.15) is 0 Å². The van der Waals surface area contributed by atoms with Crippen LogP contribution in [0.1, 0.15) is 52.4 Å². The minimum absolute atomic E-state index is 0.108. The maximum Gasteiger partial charge on any atom is 0.412 e. The van der Waals surface area contributed by atoms with Gasteiger partial charge in [0.2, 0.25) is 0 Å². The molecule has 0 aliphatic carbocycles. The van der Waals surface area contributed by atoms with E-state index in [1.807, 2.05) is 0 Å². The minimum Gasteiger partial charge on any atom is -0.465 e. The summed E-state index contributed by atoms with van der Waals surface area (Å²) >= 11 is 0. The predicted molar refractivity (Wildman–Crippen MR) is 77.1 cm³/mol. The van der Waals surface area contributed by atoms with Gasteiger partial charge >= 0.3 is 6.09 Å². The molecule has 4 heteroatoms. The Morgan fingerprint density at radius 3 is 2.32 bits per heavy atom. The Balaban J connectivity index is 4.38. The summed E-state index contributed by atoms with van der Waals surface area (Å²) in [6.45, 7) is 7.47. The van der Waals surface area contributed by atoms with Gasteiger partial charge in [-0.05, 0) is 13.3 Å². The fourth-order valence-electron chi connectivity index (χ4n) is 1.89. The molecule has 108 valence electrons. The molecule has 1 N–H and O–H groups in total. The zero-order chi connectivity index (χ0) is 14.7. The molecule has 0 rings (SSSR count). The van der Waals surface area contributed by atoms with Crippen LogP contribution in [-0.2, 0) is 4.79 Å². The first kappa shape index (κ1) is 17.4. The number of amides is 1. The summed E-state index contributed by atoms with van der Waals surface area (Å²) in [5, 5.41) is 9.08. The molecule has 0 radical (unpaired) electrons. The number of Topliss-reactive ketones (excluding diaryl/α,β-unsaturated/α-hetero) is 1. The molecule has 0 heterocycles. The number of carbonyl (C=O) groups is 2. The largest absolute Gasteiger partial charge is 0.465 e. The molecule has 0 aliphatic rings. The van der Waals surface area contributed by atoms with Gasteiger partial charge in [0.15, 0.2) is 5.78 Å². The molecule has 4 nitrogen and oxygen atoms in total. The quantitative estimate of drug-likeness (QED) is 0.370. The van der Waals surface area contributed by atoms with Gasteiger partial charge in [-0.1, -0.05) is 44.8 Å². The summed E-state index contributed by atoms with van der Waals surface area (Å²) < 4.78 is 0. The van der Waals surface area contributed by atoms with Crippen LogP contribution in [0.4, 0.5) is 4.79 Å². The molecule has 0 atom stereocenters. The van der Waals surface area contributed by atoms with Crippen LogP contribution in [0.15, 0.2) is 24.4 Å². The monoisotopic (exact) mass is 267 g/mol. The zero-order valence-electron chi connectivity index (χ0n) is 12.0. The Morgan fingerprint density at radius 1 is 1.21 bits per heavy atom. The molecule has 0 aromatic carbocycles. The summed E-state index contributed by atoms with van der Waals surface area (Å²) in [6.07, 6.45) is 7.64. The second kappa shape index (κ2) is 10.4. The van der Waals surface area contributed by atoms with Crippen LogP contribution in [0.2, 0.25) is 0 Å². The summed E-state index contributed by atoms with van der Waals surface area (Å²) in [4.78, 5) is 24.2. The molecule has 1 amide bonds. The first-order chi connectivity index (χ1) is 9.08. The molecule has 0 aliphatic heterocycles. The Hall–Kier alpha value is -1.58. The Labute approximate surface area is 115 Å². The topological polar surface area (TPSA) is 57.6 Å². The summed E-state index contributed by atoms with van der Waals surface area (Å²) in [7, 11) is 0. The number of hydrogen-bond acceptors (Lipinski definition) is 2. The Kier molecular flexibility index (Phi) is 9.49. The molecule has 0 unspecified atom stereocenters. The van der Waals surface area contributed by atoms with E-state index in [-0.39, 0.29) is 18.0 Å². The van der Waals surface area contributed by atoms with Crippen LogP contribution < -0.4 is 0 Å². The number of allylic oxidation sites excluding steroid dienone is 2. The number of hydrogen-bond donors (Lipinski definition) is 1. The van der Waals surface area contributed by atoms with Crippen LogP contribution in [0.5, 0.6) is 0 Å². The normalized spacial score (nSPS) is 11.2. The van der Waals surface area contributed by atoms with Crippen molar-refractivity contribution in [1.29, 1.82) is 0 Å². The van der Waals surface area contributed by atoms with Crippen molar-refractivity contribution in [2.75, 3.05) is 6.54 Å². The van der Waals surface area contributed by atoms with E-state index in [0.717, 1.165) is 24.2 Å². The van der Waals surface area contributed by atoms with Crippen LogP contribution in [-0.4, -0.2) is 28.4 Å². The minimum atomic E-state index is -1.12. The molecule has 0 fully saturated rings. The number of carboxylic acid groups (broad SMARTS) is 1. The smallest absolute Gasteiger partial charge is 0.412 e. The van der Waals surface area contributed by atoms with Crippen LogP contribution in [0.3, 0.4) is 0 Å². The maximum atomic E-state index is 12.0. The van der Waals surface area contributed by atoms with E-state index in [0.29, 0.717) is 6.42 Å². The van der Waals surface area contributed by atoms with Crippen molar-refractivity contribution < 1.29 is 14.7 Å². The van der Waals surface area contributed by atoms with Gasteiger partial charge in [-0.15, -0.1) is 6.58 Å². The second-order valence-electron chi connectivity index (χ2n) is 4.44. The van der Waals surface area contributed by atoms with Crippen LogP contribution in [0.25, 0.3) is 0 Å². The fourth-order valence-corrected chi connectivity index (χ4v) is 1.89. The SMILES string of the molecule is C=CCN(C(=O)O)C(=CC)C(=O)CCCCCCC. The van der Waals surface area contributed by atoms with Crippen molar-refractivity contribution in [1.82, 2.24) is 4.90 Å². The van der Waals surface area contributed by atoms with Gasteiger partial charge in [0.25, 0.3) is 0 Å².